The fourth-order valence-corrected chi connectivity index (χ4v) is 2.83. The largest absolute Gasteiger partial charge is 0.322 e. The number of amides is 2. The molecule has 1 aromatic carbocycles. The van der Waals surface area contributed by atoms with Crippen LogP contribution in [0.3, 0.4) is 0 Å². The Bertz CT molecular complexity index is 688. The molecule has 0 saturated carbocycles. The molecule has 0 unspecified atom stereocenters. The highest BCUT2D eigenvalue weighted by Crippen LogP contribution is 2.26. The van der Waals surface area contributed by atoms with Crippen molar-refractivity contribution in [2.75, 3.05) is 11.9 Å². The summed E-state index contributed by atoms with van der Waals surface area (Å²) in [4.78, 5) is 13.8. The van der Waals surface area contributed by atoms with Crippen molar-refractivity contribution in [2.45, 2.75) is 24.3 Å². The van der Waals surface area contributed by atoms with Gasteiger partial charge in [0.1, 0.15) is 0 Å². The van der Waals surface area contributed by atoms with Crippen LogP contribution in [0.2, 0.25) is 5.02 Å². The fraction of sp³-hybridized carbons (Fsp3) is 0.308. The summed E-state index contributed by atoms with van der Waals surface area (Å²) in [5, 5.41) is 7.94. The molecule has 1 heterocycles. The zero-order chi connectivity index (χ0) is 15.6. The van der Waals surface area contributed by atoms with Crippen LogP contribution in [0.1, 0.15) is 13.3 Å². The lowest BCUT2D eigenvalue weighted by molar-refractivity contribution is 0.209. The Kier molecular flexibility index (Phi) is 4.55. The minimum Gasteiger partial charge on any atom is -0.314 e. The number of hydrogen-bond donors (Lipinski definition) is 2. The Morgan fingerprint density at radius 2 is 2.24 bits per heavy atom. The number of anilines is 1. The number of nitrogens with one attached hydrogen (secondary N) is 1. The first-order valence-electron chi connectivity index (χ1n) is 6.39. The third kappa shape index (κ3) is 3.55. The number of halogens is 1. The smallest absolute Gasteiger partial charge is 0.314 e. The molecule has 0 bridgehead atoms. The Labute approximate surface area is 128 Å². The van der Waals surface area contributed by atoms with Gasteiger partial charge in [0.05, 0.1) is 21.6 Å². The Morgan fingerprint density at radius 3 is 2.86 bits per heavy atom. The summed E-state index contributed by atoms with van der Waals surface area (Å²) < 4.78 is 22.7. The van der Waals surface area contributed by atoms with Crippen molar-refractivity contribution in [3.63, 3.8) is 0 Å². The summed E-state index contributed by atoms with van der Waals surface area (Å²) in [5.74, 6) is 0. The Balaban J connectivity index is 2.21. The van der Waals surface area contributed by atoms with E-state index in [0.717, 1.165) is 6.42 Å². The molecule has 0 fully saturated rings. The molecule has 0 aliphatic carbocycles. The number of benzene rings is 1. The summed E-state index contributed by atoms with van der Waals surface area (Å²) >= 11 is 5.98. The summed E-state index contributed by atoms with van der Waals surface area (Å²) in [6.45, 7) is 2.49. The van der Waals surface area contributed by atoms with Crippen LogP contribution in [0.25, 0.3) is 0 Å². The van der Waals surface area contributed by atoms with E-state index in [2.05, 4.69) is 5.32 Å². The number of nitrogens with two attached hydrogens (primary N) is 1. The van der Waals surface area contributed by atoms with E-state index in [-0.39, 0.29) is 27.7 Å². The summed E-state index contributed by atoms with van der Waals surface area (Å²) in [7, 11) is -3.85. The van der Waals surface area contributed by atoms with Gasteiger partial charge in [0, 0.05) is 6.54 Å². The molecule has 8 heteroatoms. The van der Waals surface area contributed by atoms with E-state index >= 15 is 0 Å². The van der Waals surface area contributed by atoms with Gasteiger partial charge >= 0.3 is 6.03 Å². The number of urea groups is 1. The zero-order valence-electron chi connectivity index (χ0n) is 11.4. The normalized spacial score (nSPS) is 18.0. The minimum absolute atomic E-state index is 0.0326. The Hall–Kier alpha value is -1.57. The van der Waals surface area contributed by atoms with Crippen LogP contribution < -0.4 is 10.5 Å². The molecule has 3 N–H and O–H groups in total. The molecular weight excluding hydrogens is 314 g/mol. The van der Waals surface area contributed by atoms with Gasteiger partial charge < -0.3 is 10.2 Å². The fourth-order valence-electron chi connectivity index (χ4n) is 2.12. The lowest BCUT2D eigenvalue weighted by Gasteiger charge is -2.24. The second kappa shape index (κ2) is 6.05. The summed E-state index contributed by atoms with van der Waals surface area (Å²) in [6.07, 6.45) is 4.67. The Morgan fingerprint density at radius 1 is 1.52 bits per heavy atom. The average molecular weight is 330 g/mol. The van der Waals surface area contributed by atoms with Gasteiger partial charge in [0.2, 0.25) is 10.0 Å². The number of rotatable bonds is 3. The lowest BCUT2D eigenvalue weighted by Crippen LogP contribution is -2.38. The van der Waals surface area contributed by atoms with Crippen molar-refractivity contribution in [1.29, 1.82) is 0 Å². The topological polar surface area (TPSA) is 92.5 Å². The van der Waals surface area contributed by atoms with Crippen molar-refractivity contribution < 1.29 is 13.2 Å². The third-order valence-corrected chi connectivity index (χ3v) is 4.49. The number of primary sulfonamides is 1. The van der Waals surface area contributed by atoms with E-state index < -0.39 is 10.0 Å². The molecule has 1 aliphatic rings. The molecule has 2 rings (SSSR count). The predicted molar refractivity (Wildman–Crippen MR) is 81.8 cm³/mol. The maximum absolute atomic E-state index is 12.2. The van der Waals surface area contributed by atoms with Crippen molar-refractivity contribution in [3.05, 3.63) is 35.4 Å². The van der Waals surface area contributed by atoms with Crippen molar-refractivity contribution in [3.8, 4) is 0 Å². The summed E-state index contributed by atoms with van der Waals surface area (Å²) in [6, 6.07) is 3.63. The quantitative estimate of drug-likeness (QED) is 0.832. The number of nitrogens with zero attached hydrogens (tertiary/aromatic N) is 1. The third-order valence-electron chi connectivity index (χ3n) is 3.25. The van der Waals surface area contributed by atoms with Crippen LogP contribution in [0, 0.1) is 0 Å². The molecule has 0 spiro atoms. The average Bonchev–Trinajstić information content (AvgIpc) is 2.88. The van der Waals surface area contributed by atoms with Crippen LogP contribution >= 0.6 is 11.6 Å². The second-order valence-corrected chi connectivity index (χ2v) is 6.64. The van der Waals surface area contributed by atoms with E-state index in [0.29, 0.717) is 6.54 Å². The van der Waals surface area contributed by atoms with Gasteiger partial charge in [-0.3, -0.25) is 0 Å². The molecule has 1 atom stereocenters. The van der Waals surface area contributed by atoms with Crippen LogP contribution in [0.4, 0.5) is 10.5 Å². The number of sulfonamides is 1. The molecule has 114 valence electrons. The highest BCUT2D eigenvalue weighted by Gasteiger charge is 2.24. The SMILES string of the molecule is CC[C@@H]1C=CCN1C(=O)Nc1cc(S(N)(=O)=O)ccc1Cl. The van der Waals surface area contributed by atoms with E-state index in [9.17, 15) is 13.2 Å². The van der Waals surface area contributed by atoms with Gasteiger partial charge in [-0.05, 0) is 24.6 Å². The highest BCUT2D eigenvalue weighted by molar-refractivity contribution is 7.89. The number of hydrogen-bond acceptors (Lipinski definition) is 3. The highest BCUT2D eigenvalue weighted by atomic mass is 35.5. The van der Waals surface area contributed by atoms with Crippen LogP contribution in [-0.2, 0) is 10.0 Å². The number of carbonyl (C=O) groups is 1. The minimum atomic E-state index is -3.85. The first-order chi connectivity index (χ1) is 9.82. The molecule has 1 aromatic rings. The first kappa shape index (κ1) is 15.8. The van der Waals surface area contributed by atoms with E-state index in [1.807, 2.05) is 19.1 Å². The zero-order valence-corrected chi connectivity index (χ0v) is 13.0. The van der Waals surface area contributed by atoms with Crippen molar-refractivity contribution in [1.82, 2.24) is 4.90 Å². The molecule has 2 amide bonds. The molecule has 0 radical (unpaired) electrons. The molecule has 0 saturated heterocycles. The molecule has 6 nitrogen and oxygen atoms in total. The second-order valence-electron chi connectivity index (χ2n) is 4.67. The van der Waals surface area contributed by atoms with Crippen LogP contribution in [-0.4, -0.2) is 31.9 Å². The molecular formula is C13H16ClN3O3S. The van der Waals surface area contributed by atoms with E-state index in [4.69, 9.17) is 16.7 Å². The predicted octanol–water partition coefficient (Wildman–Crippen LogP) is 2.17. The molecule has 21 heavy (non-hydrogen) atoms. The van der Waals surface area contributed by atoms with Crippen LogP contribution in [0.15, 0.2) is 35.2 Å². The van der Waals surface area contributed by atoms with E-state index in [1.165, 1.54) is 18.2 Å². The standard InChI is InChI=1S/C13H16ClN3O3S/c1-2-9-4-3-7-17(9)13(18)16-12-8-10(21(15,19)20)5-6-11(12)14/h3-6,8-9H,2,7H2,1H3,(H,16,18)(H2,15,19,20)/t9-/m1/s1. The lowest BCUT2D eigenvalue weighted by atomic mass is 10.2. The van der Waals surface area contributed by atoms with Crippen molar-refractivity contribution >= 4 is 33.3 Å². The van der Waals surface area contributed by atoms with Gasteiger partial charge in [0.15, 0.2) is 0 Å². The van der Waals surface area contributed by atoms with Crippen molar-refractivity contribution in [2.24, 2.45) is 5.14 Å². The molecule has 0 aromatic heterocycles. The van der Waals surface area contributed by atoms with Gasteiger partial charge in [0.25, 0.3) is 0 Å². The van der Waals surface area contributed by atoms with Gasteiger partial charge in [-0.25, -0.2) is 18.4 Å². The van der Waals surface area contributed by atoms with Gasteiger partial charge in [-0.1, -0.05) is 30.7 Å². The number of carbonyl (C=O) groups excluding carboxylic acids is 1. The van der Waals surface area contributed by atoms with Gasteiger partial charge in [-0.2, -0.15) is 0 Å². The maximum atomic E-state index is 12.2. The maximum Gasteiger partial charge on any atom is 0.322 e. The summed E-state index contributed by atoms with van der Waals surface area (Å²) in [5.41, 5.74) is 0.218. The van der Waals surface area contributed by atoms with Gasteiger partial charge in [-0.15, -0.1) is 0 Å². The monoisotopic (exact) mass is 329 g/mol. The first-order valence-corrected chi connectivity index (χ1v) is 8.32. The molecule has 1 aliphatic heterocycles. The van der Waals surface area contributed by atoms with E-state index in [1.54, 1.807) is 4.90 Å². The van der Waals surface area contributed by atoms with Crippen LogP contribution in [0.5, 0.6) is 0 Å².